The van der Waals surface area contributed by atoms with Crippen LogP contribution in [0.5, 0.6) is 0 Å². The summed E-state index contributed by atoms with van der Waals surface area (Å²) in [6, 6.07) is 0. The van der Waals surface area contributed by atoms with Crippen molar-refractivity contribution in [2.75, 3.05) is 6.54 Å². The van der Waals surface area contributed by atoms with E-state index in [1.54, 1.807) is 0 Å². The maximum absolute atomic E-state index is 11.4. The van der Waals surface area contributed by atoms with Crippen LogP contribution in [0.2, 0.25) is 0 Å². The SMILES string of the molecule is CCCCCCC(=O)NC(C)(C)CN. The van der Waals surface area contributed by atoms with Gasteiger partial charge in [-0.2, -0.15) is 0 Å². The van der Waals surface area contributed by atoms with Crippen LogP contribution >= 0.6 is 0 Å². The van der Waals surface area contributed by atoms with E-state index >= 15 is 0 Å². The molecule has 1 amide bonds. The summed E-state index contributed by atoms with van der Waals surface area (Å²) in [5.41, 5.74) is 5.25. The van der Waals surface area contributed by atoms with Crippen LogP contribution in [0.25, 0.3) is 0 Å². The van der Waals surface area contributed by atoms with Crippen molar-refractivity contribution in [2.24, 2.45) is 5.73 Å². The largest absolute Gasteiger partial charge is 0.350 e. The first-order valence-corrected chi connectivity index (χ1v) is 5.53. The maximum Gasteiger partial charge on any atom is 0.220 e. The third kappa shape index (κ3) is 6.89. The van der Waals surface area contributed by atoms with Gasteiger partial charge in [0.2, 0.25) is 5.91 Å². The Balaban J connectivity index is 3.55. The molecule has 0 fully saturated rings. The summed E-state index contributed by atoms with van der Waals surface area (Å²) in [4.78, 5) is 11.4. The van der Waals surface area contributed by atoms with Crippen LogP contribution in [0.3, 0.4) is 0 Å². The van der Waals surface area contributed by atoms with Gasteiger partial charge in [0.05, 0.1) is 0 Å². The number of nitrogens with one attached hydrogen (secondary N) is 1. The van der Waals surface area contributed by atoms with Crippen molar-refractivity contribution in [2.45, 2.75) is 58.4 Å². The van der Waals surface area contributed by atoms with E-state index in [4.69, 9.17) is 5.73 Å². The predicted octanol–water partition coefficient (Wildman–Crippen LogP) is 1.81. The highest BCUT2D eigenvalue weighted by Crippen LogP contribution is 2.04. The summed E-state index contributed by atoms with van der Waals surface area (Å²) < 4.78 is 0. The van der Waals surface area contributed by atoms with E-state index in [2.05, 4.69) is 12.2 Å². The van der Waals surface area contributed by atoms with Crippen molar-refractivity contribution >= 4 is 5.91 Å². The lowest BCUT2D eigenvalue weighted by atomic mass is 10.1. The highest BCUT2D eigenvalue weighted by Gasteiger charge is 2.17. The number of hydrogen-bond donors (Lipinski definition) is 2. The van der Waals surface area contributed by atoms with Gasteiger partial charge >= 0.3 is 0 Å². The van der Waals surface area contributed by atoms with Crippen molar-refractivity contribution in [1.82, 2.24) is 5.32 Å². The molecule has 0 rings (SSSR count). The molecule has 0 atom stereocenters. The van der Waals surface area contributed by atoms with Gasteiger partial charge in [-0.3, -0.25) is 4.79 Å². The average Bonchev–Trinajstić information content (AvgIpc) is 2.12. The van der Waals surface area contributed by atoms with Gasteiger partial charge in [-0.15, -0.1) is 0 Å². The minimum absolute atomic E-state index is 0.122. The van der Waals surface area contributed by atoms with Crippen LogP contribution in [-0.4, -0.2) is 18.0 Å². The Morgan fingerprint density at radius 3 is 2.43 bits per heavy atom. The van der Waals surface area contributed by atoms with Crippen LogP contribution in [0.15, 0.2) is 0 Å². The van der Waals surface area contributed by atoms with Crippen LogP contribution in [0, 0.1) is 0 Å². The van der Waals surface area contributed by atoms with E-state index in [-0.39, 0.29) is 11.4 Å². The molecule has 0 aromatic heterocycles. The van der Waals surface area contributed by atoms with Crippen molar-refractivity contribution < 1.29 is 4.79 Å². The molecule has 0 aromatic rings. The summed E-state index contributed by atoms with van der Waals surface area (Å²) in [7, 11) is 0. The second-order valence-corrected chi connectivity index (χ2v) is 4.45. The molecule has 0 unspecified atom stereocenters. The Morgan fingerprint density at radius 1 is 1.29 bits per heavy atom. The van der Waals surface area contributed by atoms with E-state index in [0.29, 0.717) is 13.0 Å². The van der Waals surface area contributed by atoms with E-state index in [1.807, 2.05) is 13.8 Å². The summed E-state index contributed by atoms with van der Waals surface area (Å²) in [5, 5.41) is 2.92. The molecule has 3 N–H and O–H groups in total. The number of carbonyl (C=O) groups is 1. The zero-order chi connectivity index (χ0) is 11.0. The summed E-state index contributed by atoms with van der Waals surface area (Å²) in [5.74, 6) is 0.122. The first kappa shape index (κ1) is 13.4. The molecule has 0 saturated heterocycles. The summed E-state index contributed by atoms with van der Waals surface area (Å²) in [6.45, 7) is 6.53. The minimum Gasteiger partial charge on any atom is -0.350 e. The first-order chi connectivity index (χ1) is 6.52. The quantitative estimate of drug-likeness (QED) is 0.616. The third-order valence-electron chi connectivity index (χ3n) is 2.25. The van der Waals surface area contributed by atoms with Gasteiger partial charge in [-0.1, -0.05) is 26.2 Å². The summed E-state index contributed by atoms with van der Waals surface area (Å²) in [6.07, 6.45) is 5.18. The molecule has 0 aliphatic rings. The topological polar surface area (TPSA) is 55.1 Å². The van der Waals surface area contributed by atoms with Crippen molar-refractivity contribution in [3.63, 3.8) is 0 Å². The molecular weight excluding hydrogens is 176 g/mol. The summed E-state index contributed by atoms with van der Waals surface area (Å²) >= 11 is 0. The van der Waals surface area contributed by atoms with Gasteiger partial charge in [0.15, 0.2) is 0 Å². The van der Waals surface area contributed by atoms with Crippen molar-refractivity contribution in [3.05, 3.63) is 0 Å². The first-order valence-electron chi connectivity index (χ1n) is 5.53. The van der Waals surface area contributed by atoms with Crippen molar-refractivity contribution in [1.29, 1.82) is 0 Å². The molecule has 0 spiro atoms. The van der Waals surface area contributed by atoms with Crippen molar-refractivity contribution in [3.8, 4) is 0 Å². The molecular formula is C11H24N2O. The molecule has 0 aromatic carbocycles. The number of hydrogen-bond acceptors (Lipinski definition) is 2. The standard InChI is InChI=1S/C11H24N2O/c1-4-5-6-7-8-10(14)13-11(2,3)9-12/h4-9,12H2,1-3H3,(H,13,14). The van der Waals surface area contributed by atoms with Gasteiger partial charge in [0, 0.05) is 18.5 Å². The second-order valence-electron chi connectivity index (χ2n) is 4.45. The molecule has 0 aliphatic carbocycles. The van der Waals surface area contributed by atoms with E-state index in [0.717, 1.165) is 12.8 Å². The molecule has 0 heterocycles. The average molecular weight is 200 g/mol. The molecule has 0 radical (unpaired) electrons. The molecule has 0 bridgehead atoms. The van der Waals surface area contributed by atoms with Crippen LogP contribution < -0.4 is 11.1 Å². The Bertz CT molecular complexity index is 167. The fraction of sp³-hybridized carbons (Fsp3) is 0.909. The number of carbonyl (C=O) groups excluding carboxylic acids is 1. The molecule has 14 heavy (non-hydrogen) atoms. The maximum atomic E-state index is 11.4. The third-order valence-corrected chi connectivity index (χ3v) is 2.25. The molecule has 3 heteroatoms. The molecule has 84 valence electrons. The van der Waals surface area contributed by atoms with Gasteiger partial charge in [-0.05, 0) is 20.3 Å². The fourth-order valence-corrected chi connectivity index (χ4v) is 1.20. The number of amides is 1. The lowest BCUT2D eigenvalue weighted by Gasteiger charge is -2.24. The number of rotatable bonds is 7. The molecule has 0 saturated carbocycles. The second kappa shape index (κ2) is 6.82. The fourth-order valence-electron chi connectivity index (χ4n) is 1.20. The minimum atomic E-state index is -0.262. The zero-order valence-electron chi connectivity index (χ0n) is 9.73. The van der Waals surface area contributed by atoms with Gasteiger partial charge in [-0.25, -0.2) is 0 Å². The van der Waals surface area contributed by atoms with Crippen LogP contribution in [0.1, 0.15) is 52.9 Å². The Kier molecular flexibility index (Phi) is 6.54. The zero-order valence-corrected chi connectivity index (χ0v) is 9.73. The predicted molar refractivity (Wildman–Crippen MR) is 60.0 cm³/mol. The highest BCUT2D eigenvalue weighted by atomic mass is 16.1. The van der Waals surface area contributed by atoms with E-state index in [9.17, 15) is 4.79 Å². The normalized spacial score (nSPS) is 11.4. The Hall–Kier alpha value is -0.570. The van der Waals surface area contributed by atoms with Crippen LogP contribution in [0.4, 0.5) is 0 Å². The lowest BCUT2D eigenvalue weighted by molar-refractivity contribution is -0.122. The van der Waals surface area contributed by atoms with Crippen LogP contribution in [-0.2, 0) is 4.79 Å². The van der Waals surface area contributed by atoms with Gasteiger partial charge in [0.25, 0.3) is 0 Å². The van der Waals surface area contributed by atoms with E-state index in [1.165, 1.54) is 12.8 Å². The van der Waals surface area contributed by atoms with Gasteiger partial charge < -0.3 is 11.1 Å². The smallest absolute Gasteiger partial charge is 0.220 e. The monoisotopic (exact) mass is 200 g/mol. The number of nitrogens with two attached hydrogens (primary N) is 1. The number of unbranched alkanes of at least 4 members (excludes halogenated alkanes) is 3. The van der Waals surface area contributed by atoms with E-state index < -0.39 is 0 Å². The molecule has 3 nitrogen and oxygen atoms in total. The highest BCUT2D eigenvalue weighted by molar-refractivity contribution is 5.76. The Morgan fingerprint density at radius 2 is 1.93 bits per heavy atom. The Labute approximate surface area is 87.4 Å². The van der Waals surface area contributed by atoms with Gasteiger partial charge in [0.1, 0.15) is 0 Å². The molecule has 0 aliphatic heterocycles. The lowest BCUT2D eigenvalue weighted by Crippen LogP contribution is -2.48.